The fourth-order valence-electron chi connectivity index (χ4n) is 2.49. The lowest BCUT2D eigenvalue weighted by atomic mass is 9.87. The first kappa shape index (κ1) is 22.5. The molecule has 2 aromatic carbocycles. The van der Waals surface area contributed by atoms with E-state index in [4.69, 9.17) is 11.6 Å². The predicted molar refractivity (Wildman–Crippen MR) is 109 cm³/mol. The molecule has 0 atom stereocenters. The van der Waals surface area contributed by atoms with E-state index in [0.29, 0.717) is 5.02 Å². The van der Waals surface area contributed by atoms with Crippen molar-refractivity contribution in [2.24, 2.45) is 4.40 Å². The molecule has 0 spiro atoms. The highest BCUT2D eigenvalue weighted by atomic mass is 35.5. The van der Waals surface area contributed by atoms with Crippen LogP contribution in [0.25, 0.3) is 5.69 Å². The van der Waals surface area contributed by atoms with E-state index in [1.54, 1.807) is 12.1 Å². The topological polar surface area (TPSA) is 64.3 Å². The molecule has 3 aromatic rings. The first-order valence-corrected chi connectivity index (χ1v) is 11.3. The van der Waals surface area contributed by atoms with Gasteiger partial charge in [0.1, 0.15) is 0 Å². The molecule has 160 valence electrons. The molecule has 0 aliphatic carbocycles. The van der Waals surface area contributed by atoms with E-state index in [9.17, 15) is 21.6 Å². The van der Waals surface area contributed by atoms with Crippen LogP contribution in [0.5, 0.6) is 0 Å². The zero-order valence-corrected chi connectivity index (χ0v) is 18.5. The second-order valence-electron chi connectivity index (χ2n) is 7.42. The van der Waals surface area contributed by atoms with Gasteiger partial charge in [0.2, 0.25) is 9.81 Å². The van der Waals surface area contributed by atoms with Gasteiger partial charge in [-0.2, -0.15) is 21.6 Å². The Morgan fingerprint density at radius 3 is 2.07 bits per heavy atom. The largest absolute Gasteiger partial charge is 0.445 e. The average molecular weight is 476 g/mol. The van der Waals surface area contributed by atoms with Gasteiger partial charge < -0.3 is 0 Å². The third-order valence-electron chi connectivity index (χ3n) is 4.09. The van der Waals surface area contributed by atoms with Crippen molar-refractivity contribution in [1.82, 2.24) is 9.78 Å². The lowest BCUT2D eigenvalue weighted by molar-refractivity contribution is -0.138. The molecule has 1 aromatic heterocycles. The molecule has 1 heterocycles. The number of aromatic nitrogens is 2. The average Bonchev–Trinajstić information content (AvgIpc) is 3.05. The minimum absolute atomic E-state index is 0.125. The summed E-state index contributed by atoms with van der Waals surface area (Å²) in [6.45, 7) is 5.93. The van der Waals surface area contributed by atoms with Gasteiger partial charge in [-0.1, -0.05) is 55.8 Å². The van der Waals surface area contributed by atoms with Crippen LogP contribution < -0.4 is 4.80 Å². The Morgan fingerprint density at radius 2 is 1.57 bits per heavy atom. The van der Waals surface area contributed by atoms with Crippen LogP contribution in [0.3, 0.4) is 0 Å². The summed E-state index contributed by atoms with van der Waals surface area (Å²) in [7, 11) is -4.27. The minimum Gasteiger partial charge on any atom is -0.204 e. The third-order valence-corrected chi connectivity index (χ3v) is 6.69. The Hall–Kier alpha value is -2.17. The van der Waals surface area contributed by atoms with Crippen molar-refractivity contribution in [2.45, 2.75) is 37.3 Å². The van der Waals surface area contributed by atoms with Gasteiger partial charge in [0.25, 0.3) is 10.0 Å². The van der Waals surface area contributed by atoms with E-state index in [2.05, 4.69) is 9.50 Å². The molecule has 0 N–H and O–H groups in total. The number of sulfonamides is 1. The Balaban J connectivity index is 2.15. The molecule has 0 unspecified atom stereocenters. The van der Waals surface area contributed by atoms with Crippen LogP contribution in [0, 0.1) is 0 Å². The van der Waals surface area contributed by atoms with Gasteiger partial charge in [-0.3, -0.25) is 0 Å². The molecule has 0 radical (unpaired) electrons. The second-order valence-corrected chi connectivity index (χ2v) is 10.4. The summed E-state index contributed by atoms with van der Waals surface area (Å²) in [6, 6.07) is 11.8. The van der Waals surface area contributed by atoms with E-state index >= 15 is 0 Å². The lowest BCUT2D eigenvalue weighted by Gasteiger charge is -2.18. The molecular formula is C19H17ClF3N3O2S2. The first-order chi connectivity index (χ1) is 13.8. The highest BCUT2D eigenvalue weighted by Gasteiger charge is 2.36. The molecule has 0 fully saturated rings. The van der Waals surface area contributed by atoms with E-state index < -0.39 is 26.0 Å². The van der Waals surface area contributed by atoms with Crippen molar-refractivity contribution in [3.8, 4) is 5.69 Å². The van der Waals surface area contributed by atoms with Crippen molar-refractivity contribution in [2.75, 3.05) is 0 Å². The van der Waals surface area contributed by atoms with Crippen LogP contribution in [0.1, 0.15) is 31.3 Å². The molecule has 0 bridgehead atoms. The summed E-state index contributed by atoms with van der Waals surface area (Å²) in [6.07, 6.45) is -4.75. The summed E-state index contributed by atoms with van der Waals surface area (Å²) in [5.41, 5.74) is 0.925. The Morgan fingerprint density at radius 1 is 1.00 bits per heavy atom. The number of hydrogen-bond acceptors (Lipinski definition) is 4. The van der Waals surface area contributed by atoms with Crippen LogP contribution in [-0.4, -0.2) is 18.2 Å². The van der Waals surface area contributed by atoms with Crippen molar-refractivity contribution < 1.29 is 21.6 Å². The van der Waals surface area contributed by atoms with Gasteiger partial charge >= 0.3 is 6.18 Å². The standard InChI is InChI=1S/C19H17ClF3N3O2S2/c1-18(2,3)12-4-10-15(11-5-12)30(27,28)25-17-26(14-8-6-13(20)7-9-14)24-16(29-17)19(21,22)23/h4-11H,1-3H3/b25-17+. The van der Waals surface area contributed by atoms with Gasteiger partial charge in [-0.05, 0) is 47.4 Å². The zero-order valence-electron chi connectivity index (χ0n) is 16.1. The molecule has 0 saturated heterocycles. The van der Waals surface area contributed by atoms with Crippen LogP contribution in [-0.2, 0) is 21.6 Å². The van der Waals surface area contributed by atoms with Gasteiger partial charge in [0.05, 0.1) is 10.6 Å². The van der Waals surface area contributed by atoms with Crippen molar-refractivity contribution >= 4 is 33.0 Å². The maximum Gasteiger partial charge on any atom is 0.445 e. The minimum atomic E-state index is -4.75. The predicted octanol–water partition coefficient (Wildman–Crippen LogP) is 5.19. The quantitative estimate of drug-likeness (QED) is 0.523. The maximum absolute atomic E-state index is 13.2. The summed E-state index contributed by atoms with van der Waals surface area (Å²) in [5, 5.41) is 2.67. The van der Waals surface area contributed by atoms with Crippen molar-refractivity contribution in [1.29, 1.82) is 0 Å². The number of halogens is 4. The molecule has 0 aliphatic heterocycles. The van der Waals surface area contributed by atoms with E-state index in [1.807, 2.05) is 20.8 Å². The van der Waals surface area contributed by atoms with Crippen molar-refractivity contribution in [3.63, 3.8) is 0 Å². The van der Waals surface area contributed by atoms with Crippen LogP contribution in [0.4, 0.5) is 13.2 Å². The molecule has 5 nitrogen and oxygen atoms in total. The fourth-order valence-corrected chi connectivity index (χ4v) is 4.57. The van der Waals surface area contributed by atoms with Crippen LogP contribution in [0.2, 0.25) is 5.02 Å². The van der Waals surface area contributed by atoms with Crippen molar-refractivity contribution in [3.05, 3.63) is 68.9 Å². The normalized spacial score (nSPS) is 13.6. The molecule has 0 amide bonds. The molecule has 0 aliphatic rings. The monoisotopic (exact) mass is 475 g/mol. The molecular weight excluding hydrogens is 459 g/mol. The summed E-state index contributed by atoms with van der Waals surface area (Å²) in [4.78, 5) is -0.551. The second kappa shape index (κ2) is 7.82. The first-order valence-electron chi connectivity index (χ1n) is 8.62. The van der Waals surface area contributed by atoms with E-state index in [0.717, 1.165) is 10.2 Å². The molecule has 0 saturated carbocycles. The number of rotatable bonds is 3. The number of benzene rings is 2. The third kappa shape index (κ3) is 4.93. The summed E-state index contributed by atoms with van der Waals surface area (Å²) < 4.78 is 69.6. The SMILES string of the molecule is CC(C)(C)c1ccc(S(=O)(=O)/N=c2/sc(C(F)(F)F)nn2-c2ccc(Cl)cc2)cc1. The highest BCUT2D eigenvalue weighted by Crippen LogP contribution is 2.30. The van der Waals surface area contributed by atoms with Crippen LogP contribution >= 0.6 is 22.9 Å². The number of hydrogen-bond donors (Lipinski definition) is 0. The summed E-state index contributed by atoms with van der Waals surface area (Å²) in [5.74, 6) is 0. The van der Waals surface area contributed by atoms with Gasteiger partial charge in [-0.15, -0.1) is 9.50 Å². The van der Waals surface area contributed by atoms with Gasteiger partial charge in [0, 0.05) is 5.02 Å². The number of nitrogens with zero attached hydrogens (tertiary/aromatic N) is 3. The molecule has 30 heavy (non-hydrogen) atoms. The molecule has 3 rings (SSSR count). The Kier molecular flexibility index (Phi) is 5.87. The van der Waals surface area contributed by atoms with E-state index in [-0.39, 0.29) is 27.3 Å². The summed E-state index contributed by atoms with van der Waals surface area (Å²) >= 11 is 5.96. The van der Waals surface area contributed by atoms with Crippen LogP contribution in [0.15, 0.2) is 57.8 Å². The van der Waals surface area contributed by atoms with Gasteiger partial charge in [-0.25, -0.2) is 4.68 Å². The molecule has 11 heteroatoms. The van der Waals surface area contributed by atoms with E-state index in [1.165, 1.54) is 36.4 Å². The van der Waals surface area contributed by atoms with Gasteiger partial charge in [0.15, 0.2) is 0 Å². The fraction of sp³-hybridized carbons (Fsp3) is 0.263. The lowest BCUT2D eigenvalue weighted by Crippen LogP contribution is -2.17. The maximum atomic E-state index is 13.2. The smallest absolute Gasteiger partial charge is 0.204 e. The highest BCUT2D eigenvalue weighted by molar-refractivity contribution is 7.90. The Labute approximate surface area is 180 Å². The Bertz CT molecular complexity index is 1220. The zero-order chi connectivity index (χ0) is 22.3. The number of alkyl halides is 3.